The Morgan fingerprint density at radius 3 is 2.37 bits per heavy atom. The molecule has 2 N–H and O–H groups in total. The number of alkyl halides is 3. The number of hydrogen-bond acceptors (Lipinski definition) is 4. The molecular formula is C23H25F3N4. The minimum absolute atomic E-state index is 0.321. The molecule has 0 spiro atoms. The molecule has 0 saturated carbocycles. The molecule has 0 amide bonds. The van der Waals surface area contributed by atoms with E-state index in [-0.39, 0.29) is 0 Å². The van der Waals surface area contributed by atoms with Gasteiger partial charge >= 0.3 is 6.18 Å². The Morgan fingerprint density at radius 2 is 1.83 bits per heavy atom. The van der Waals surface area contributed by atoms with E-state index in [1.165, 1.54) is 12.1 Å². The second kappa shape index (κ2) is 9.04. The van der Waals surface area contributed by atoms with Gasteiger partial charge < -0.3 is 15.6 Å². The molecule has 0 aliphatic rings. The summed E-state index contributed by atoms with van der Waals surface area (Å²) in [7, 11) is 1.69. The molecule has 0 unspecified atom stereocenters. The van der Waals surface area contributed by atoms with Crippen LogP contribution in [0.3, 0.4) is 0 Å². The quantitative estimate of drug-likeness (QED) is 0.567. The molecule has 30 heavy (non-hydrogen) atoms. The van der Waals surface area contributed by atoms with Gasteiger partial charge in [0.1, 0.15) is 0 Å². The van der Waals surface area contributed by atoms with Crippen LogP contribution < -0.4 is 10.2 Å². The van der Waals surface area contributed by atoms with Crippen LogP contribution in [0.4, 0.5) is 24.5 Å². The minimum Gasteiger partial charge on any atom is -0.388 e. The van der Waals surface area contributed by atoms with Crippen molar-refractivity contribution in [1.29, 1.82) is 10.7 Å². The molecule has 0 atom stereocenters. The summed E-state index contributed by atoms with van der Waals surface area (Å²) in [6.07, 6.45) is -4.62. The van der Waals surface area contributed by atoms with E-state index in [9.17, 15) is 13.2 Å². The maximum atomic E-state index is 13.4. The molecule has 158 valence electrons. The maximum Gasteiger partial charge on any atom is 0.417 e. The van der Waals surface area contributed by atoms with E-state index < -0.39 is 17.3 Å². The summed E-state index contributed by atoms with van der Waals surface area (Å²) in [5.41, 5.74) is 3.36. The van der Waals surface area contributed by atoms with Crippen molar-refractivity contribution in [3.63, 3.8) is 0 Å². The van der Waals surface area contributed by atoms with E-state index >= 15 is 0 Å². The topological polar surface area (TPSA) is 62.9 Å². The molecular weight excluding hydrogens is 389 g/mol. The number of rotatable bonds is 6. The molecule has 0 heterocycles. The maximum absolute atomic E-state index is 13.4. The van der Waals surface area contributed by atoms with Gasteiger partial charge in [0.05, 0.1) is 17.2 Å². The fourth-order valence-corrected chi connectivity index (χ4v) is 3.41. The van der Waals surface area contributed by atoms with E-state index in [0.29, 0.717) is 23.6 Å². The summed E-state index contributed by atoms with van der Waals surface area (Å²) in [6.45, 7) is 8.16. The van der Waals surface area contributed by atoms with Crippen LogP contribution in [0.25, 0.3) is 5.57 Å². The van der Waals surface area contributed by atoms with Gasteiger partial charge in [-0.1, -0.05) is 12.1 Å². The predicted molar refractivity (Wildman–Crippen MR) is 115 cm³/mol. The second-order valence-corrected chi connectivity index (χ2v) is 7.06. The molecule has 0 fully saturated rings. The summed E-state index contributed by atoms with van der Waals surface area (Å²) in [5, 5.41) is 20.4. The lowest BCUT2D eigenvalue weighted by atomic mass is 9.97. The molecule has 0 aromatic heterocycles. The van der Waals surface area contributed by atoms with Crippen LogP contribution in [0.1, 0.15) is 43.0 Å². The minimum atomic E-state index is -4.62. The number of nitrogens with zero attached hydrogens (tertiary/aromatic N) is 2. The lowest BCUT2D eigenvalue weighted by Crippen LogP contribution is -2.16. The van der Waals surface area contributed by atoms with Crippen LogP contribution in [0.5, 0.6) is 0 Å². The van der Waals surface area contributed by atoms with E-state index in [2.05, 4.69) is 5.32 Å². The molecule has 0 aliphatic heterocycles. The summed E-state index contributed by atoms with van der Waals surface area (Å²) >= 11 is 0. The van der Waals surface area contributed by atoms with Crippen LogP contribution in [0, 0.1) is 23.7 Å². The van der Waals surface area contributed by atoms with Gasteiger partial charge in [0.2, 0.25) is 0 Å². The number of halogens is 3. The lowest BCUT2D eigenvalue weighted by Gasteiger charge is -2.24. The summed E-state index contributed by atoms with van der Waals surface area (Å²) in [6, 6.07) is 11.0. The highest BCUT2D eigenvalue weighted by molar-refractivity contribution is 6.22. The highest BCUT2D eigenvalue weighted by Gasteiger charge is 2.34. The van der Waals surface area contributed by atoms with Gasteiger partial charge in [-0.15, -0.1) is 0 Å². The number of anilines is 2. The van der Waals surface area contributed by atoms with Crippen molar-refractivity contribution in [1.82, 2.24) is 5.32 Å². The largest absolute Gasteiger partial charge is 0.417 e. The Bertz CT molecular complexity index is 1030. The highest BCUT2D eigenvalue weighted by Crippen LogP contribution is 2.37. The van der Waals surface area contributed by atoms with Crippen molar-refractivity contribution in [2.75, 3.05) is 18.5 Å². The van der Waals surface area contributed by atoms with Gasteiger partial charge in [0.25, 0.3) is 0 Å². The molecule has 0 bridgehead atoms. The first-order valence-electron chi connectivity index (χ1n) is 9.47. The van der Waals surface area contributed by atoms with Gasteiger partial charge in [-0.05, 0) is 63.1 Å². The van der Waals surface area contributed by atoms with Crippen LogP contribution in [0.2, 0.25) is 0 Å². The Morgan fingerprint density at radius 1 is 1.17 bits per heavy atom. The molecule has 0 aliphatic carbocycles. The number of aryl methyl sites for hydroxylation is 1. The average molecular weight is 414 g/mol. The summed E-state index contributed by atoms with van der Waals surface area (Å²) in [5.74, 6) is 0. The Balaban J connectivity index is 2.61. The number of nitrogens with one attached hydrogen (secondary N) is 2. The smallest absolute Gasteiger partial charge is 0.388 e. The predicted octanol–water partition coefficient (Wildman–Crippen LogP) is 6.03. The van der Waals surface area contributed by atoms with Crippen molar-refractivity contribution in [3.8, 4) is 6.07 Å². The van der Waals surface area contributed by atoms with E-state index in [4.69, 9.17) is 10.7 Å². The lowest BCUT2D eigenvalue weighted by molar-refractivity contribution is -0.137. The molecule has 7 heteroatoms. The first-order chi connectivity index (χ1) is 14.0. The first-order valence-corrected chi connectivity index (χ1v) is 9.47. The molecule has 0 saturated heterocycles. The summed E-state index contributed by atoms with van der Waals surface area (Å²) < 4.78 is 40.1. The third kappa shape index (κ3) is 4.82. The fourth-order valence-electron chi connectivity index (χ4n) is 3.41. The van der Waals surface area contributed by atoms with Gasteiger partial charge in [0.15, 0.2) is 0 Å². The Labute approximate surface area is 175 Å². The number of nitriles is 1. The van der Waals surface area contributed by atoms with Crippen molar-refractivity contribution in [3.05, 3.63) is 64.3 Å². The van der Waals surface area contributed by atoms with Gasteiger partial charge in [-0.25, -0.2) is 0 Å². The molecule has 2 aromatic rings. The zero-order chi connectivity index (χ0) is 22.6. The molecule has 2 rings (SSSR count). The van der Waals surface area contributed by atoms with Crippen LogP contribution in [-0.2, 0) is 6.18 Å². The zero-order valence-corrected chi connectivity index (χ0v) is 17.7. The van der Waals surface area contributed by atoms with Crippen molar-refractivity contribution in [2.45, 2.75) is 33.9 Å². The third-order valence-corrected chi connectivity index (χ3v) is 4.87. The first kappa shape index (κ1) is 23.0. The van der Waals surface area contributed by atoms with Gasteiger partial charge in [0, 0.05) is 41.9 Å². The van der Waals surface area contributed by atoms with Crippen molar-refractivity contribution in [2.24, 2.45) is 0 Å². The van der Waals surface area contributed by atoms with Crippen LogP contribution in [0.15, 0.2) is 42.1 Å². The normalized spacial score (nSPS) is 12.1. The van der Waals surface area contributed by atoms with Crippen molar-refractivity contribution < 1.29 is 13.2 Å². The second-order valence-electron chi connectivity index (χ2n) is 7.06. The Kier molecular flexibility index (Phi) is 6.93. The van der Waals surface area contributed by atoms with Gasteiger partial charge in [-0.2, -0.15) is 18.4 Å². The SMILES string of the molecule is CCN/C(C)=C(\C(C)=N)c1ccc(C)c(N(C)c2ccc(C#N)c(C(F)(F)F)c2)c1. The van der Waals surface area contributed by atoms with Crippen LogP contribution in [-0.4, -0.2) is 19.3 Å². The number of benzene rings is 2. The monoisotopic (exact) mass is 414 g/mol. The average Bonchev–Trinajstić information content (AvgIpc) is 2.67. The molecule has 2 aromatic carbocycles. The highest BCUT2D eigenvalue weighted by atomic mass is 19.4. The Hall–Kier alpha value is -3.27. The standard InChI is InChI=1S/C23H25F3N4/c1-6-29-16(4)22(15(3)28)17-8-7-14(2)21(11-17)30(5)19-10-9-18(13-27)20(12-19)23(24,25)26/h7-12,28-29H,6H2,1-5H3/b22-16+,28-15?. The van der Waals surface area contributed by atoms with Crippen molar-refractivity contribution >= 4 is 22.7 Å². The molecule has 0 radical (unpaired) electrons. The van der Waals surface area contributed by atoms with E-state index in [1.54, 1.807) is 24.9 Å². The molecule has 4 nitrogen and oxygen atoms in total. The van der Waals surface area contributed by atoms with E-state index in [1.807, 2.05) is 39.0 Å². The zero-order valence-electron chi connectivity index (χ0n) is 17.7. The third-order valence-electron chi connectivity index (χ3n) is 4.87. The van der Waals surface area contributed by atoms with Crippen LogP contribution >= 0.6 is 0 Å². The van der Waals surface area contributed by atoms with Gasteiger partial charge in [-0.3, -0.25) is 0 Å². The number of hydrogen-bond donors (Lipinski definition) is 2. The fraction of sp³-hybridized carbons (Fsp3) is 0.304. The summed E-state index contributed by atoms with van der Waals surface area (Å²) in [4.78, 5) is 1.66. The van der Waals surface area contributed by atoms with E-state index in [0.717, 1.165) is 28.5 Å². The number of allylic oxidation sites excluding steroid dienone is 2.